The molecule has 1 aliphatic rings. The Hall–Kier alpha value is -2.93. The summed E-state index contributed by atoms with van der Waals surface area (Å²) in [5, 5.41) is 6.23. The topological polar surface area (TPSA) is 76.7 Å². The van der Waals surface area contributed by atoms with Crippen molar-refractivity contribution in [2.24, 2.45) is 0 Å². The number of amides is 1. The third-order valence-corrected chi connectivity index (χ3v) is 5.18. The highest BCUT2D eigenvalue weighted by atomic mass is 32.2. The molecule has 28 heavy (non-hydrogen) atoms. The van der Waals surface area contributed by atoms with Crippen molar-refractivity contribution in [2.45, 2.75) is 18.8 Å². The Bertz CT molecular complexity index is 863. The monoisotopic (exact) mass is 398 g/mol. The zero-order valence-electron chi connectivity index (χ0n) is 15.7. The predicted octanol–water partition coefficient (Wildman–Crippen LogP) is 3.40. The molecule has 1 amide bonds. The highest BCUT2D eigenvalue weighted by molar-refractivity contribution is 8.05. The number of benzene rings is 2. The van der Waals surface area contributed by atoms with Crippen molar-refractivity contribution in [1.29, 1.82) is 0 Å². The maximum atomic E-state index is 12.2. The van der Waals surface area contributed by atoms with Gasteiger partial charge in [0.1, 0.15) is 5.75 Å². The van der Waals surface area contributed by atoms with E-state index in [0.29, 0.717) is 10.7 Å². The molecule has 2 aromatic rings. The molecule has 2 N–H and O–H groups in total. The van der Waals surface area contributed by atoms with Gasteiger partial charge in [0.15, 0.2) is 12.1 Å². The normalized spacial score (nSPS) is 17.3. The van der Waals surface area contributed by atoms with Crippen LogP contribution in [0, 0.1) is 0 Å². The molecule has 7 heteroatoms. The van der Waals surface area contributed by atoms with Gasteiger partial charge in [-0.1, -0.05) is 43.0 Å². The van der Waals surface area contributed by atoms with Gasteiger partial charge >= 0.3 is 5.97 Å². The first-order valence-corrected chi connectivity index (χ1v) is 9.79. The molecule has 6 nitrogen and oxygen atoms in total. The molecule has 0 bridgehead atoms. The molecule has 1 atom stereocenters. The summed E-state index contributed by atoms with van der Waals surface area (Å²) in [6, 6.07) is 15.3. The number of hydrogen-bond donors (Lipinski definition) is 2. The molecule has 2 aromatic carbocycles. The van der Waals surface area contributed by atoms with Crippen LogP contribution >= 0.6 is 11.8 Å². The van der Waals surface area contributed by atoms with Crippen LogP contribution in [0.4, 0.5) is 5.69 Å². The van der Waals surface area contributed by atoms with Crippen molar-refractivity contribution in [1.82, 2.24) is 5.32 Å². The van der Waals surface area contributed by atoms with Crippen LogP contribution in [-0.4, -0.2) is 31.1 Å². The van der Waals surface area contributed by atoms with Gasteiger partial charge in [0, 0.05) is 5.69 Å². The summed E-state index contributed by atoms with van der Waals surface area (Å²) in [7, 11) is 1.31. The smallest absolute Gasteiger partial charge is 0.343 e. The summed E-state index contributed by atoms with van der Waals surface area (Å²) < 4.78 is 9.85. The van der Waals surface area contributed by atoms with E-state index in [0.717, 1.165) is 17.7 Å². The van der Waals surface area contributed by atoms with E-state index in [1.54, 1.807) is 12.1 Å². The fourth-order valence-corrected chi connectivity index (χ4v) is 3.55. The second kappa shape index (κ2) is 9.32. The molecule has 1 heterocycles. The lowest BCUT2D eigenvalue weighted by Gasteiger charge is -2.12. The molecule has 0 aromatic heterocycles. The molecular formula is C21H22N2O4S. The quantitative estimate of drug-likeness (QED) is 0.550. The zero-order valence-corrected chi connectivity index (χ0v) is 16.5. The predicted molar refractivity (Wildman–Crippen MR) is 111 cm³/mol. The Morgan fingerprint density at radius 2 is 1.89 bits per heavy atom. The van der Waals surface area contributed by atoms with Gasteiger partial charge in [0.2, 0.25) is 0 Å². The number of thioether (sulfide) groups is 1. The van der Waals surface area contributed by atoms with E-state index in [2.05, 4.69) is 34.4 Å². The van der Waals surface area contributed by atoms with E-state index in [-0.39, 0.29) is 18.0 Å². The number of carbonyl (C=O) groups excluding carboxylic acids is 2. The third kappa shape index (κ3) is 5.29. The lowest BCUT2D eigenvalue weighted by molar-refractivity contribution is -0.142. The van der Waals surface area contributed by atoms with Gasteiger partial charge in [0.05, 0.1) is 12.0 Å². The van der Waals surface area contributed by atoms with Crippen molar-refractivity contribution in [3.05, 3.63) is 64.6 Å². The van der Waals surface area contributed by atoms with E-state index in [4.69, 9.17) is 4.74 Å². The number of methoxy groups -OCH3 is 1. The average molecular weight is 398 g/mol. The molecule has 0 unspecified atom stereocenters. The van der Waals surface area contributed by atoms with Crippen molar-refractivity contribution < 1.29 is 19.1 Å². The van der Waals surface area contributed by atoms with Gasteiger partial charge in [-0.3, -0.25) is 4.79 Å². The van der Waals surface area contributed by atoms with Gasteiger partial charge in [-0.05, 0) is 47.9 Å². The molecule has 3 rings (SSSR count). The van der Waals surface area contributed by atoms with Crippen LogP contribution < -0.4 is 15.4 Å². The van der Waals surface area contributed by atoms with Crippen LogP contribution in [-0.2, 0) is 20.7 Å². The Balaban J connectivity index is 1.59. The van der Waals surface area contributed by atoms with Crippen LogP contribution in [0.25, 0.3) is 6.08 Å². The minimum atomic E-state index is -0.437. The Morgan fingerprint density at radius 1 is 1.18 bits per heavy atom. The number of anilines is 1. The van der Waals surface area contributed by atoms with Gasteiger partial charge < -0.3 is 20.1 Å². The molecule has 1 saturated heterocycles. The number of nitrogens with one attached hydrogen (secondary N) is 2. The van der Waals surface area contributed by atoms with Crippen molar-refractivity contribution in [3.63, 3.8) is 0 Å². The van der Waals surface area contributed by atoms with Crippen LogP contribution in [0.15, 0.2) is 53.4 Å². The number of hydrogen-bond acceptors (Lipinski definition) is 6. The highest BCUT2D eigenvalue weighted by Gasteiger charge is 2.27. The fraction of sp³-hybridized carbons (Fsp3) is 0.238. The first-order chi connectivity index (χ1) is 13.6. The van der Waals surface area contributed by atoms with Crippen LogP contribution in [0.5, 0.6) is 5.75 Å². The summed E-state index contributed by atoms with van der Waals surface area (Å²) in [5.74, 6) is 0.0120. The van der Waals surface area contributed by atoms with Crippen LogP contribution in [0.2, 0.25) is 0 Å². The number of carbonyl (C=O) groups is 2. The van der Waals surface area contributed by atoms with E-state index in [1.165, 1.54) is 24.4 Å². The standard InChI is InChI=1S/C21H22N2O4S/c1-3-14-4-8-16(9-5-14)22-21-23-20(25)18(28-21)12-15-6-10-17(11-7-15)27-13-19(24)26-2/h4-12,21-22H,3,13H2,1-2H3,(H,23,25)/b18-12-/t21-/m0/s1. The van der Waals surface area contributed by atoms with E-state index in [9.17, 15) is 9.59 Å². The molecule has 1 fully saturated rings. The van der Waals surface area contributed by atoms with E-state index in [1.807, 2.05) is 30.3 Å². The lowest BCUT2D eigenvalue weighted by atomic mass is 10.1. The second-order valence-electron chi connectivity index (χ2n) is 6.11. The number of esters is 1. The number of ether oxygens (including phenoxy) is 2. The molecule has 1 aliphatic heterocycles. The first-order valence-electron chi connectivity index (χ1n) is 8.91. The second-order valence-corrected chi connectivity index (χ2v) is 7.26. The molecular weight excluding hydrogens is 376 g/mol. The van der Waals surface area contributed by atoms with E-state index >= 15 is 0 Å². The molecule has 146 valence electrons. The SMILES string of the molecule is CCc1ccc(N[C@H]2NC(=O)/C(=C/c3ccc(OCC(=O)OC)cc3)S2)cc1. The van der Waals surface area contributed by atoms with Crippen molar-refractivity contribution in [2.75, 3.05) is 19.0 Å². The molecule has 0 saturated carbocycles. The summed E-state index contributed by atoms with van der Waals surface area (Å²) in [5.41, 5.74) is 2.89. The van der Waals surface area contributed by atoms with Gasteiger partial charge in [0.25, 0.3) is 5.91 Å². The highest BCUT2D eigenvalue weighted by Crippen LogP contribution is 2.30. The number of aryl methyl sites for hydroxylation is 1. The summed E-state index contributed by atoms with van der Waals surface area (Å²) in [6.07, 6.45) is 2.82. The van der Waals surface area contributed by atoms with Crippen molar-refractivity contribution in [3.8, 4) is 5.75 Å². The maximum absolute atomic E-state index is 12.2. The fourth-order valence-electron chi connectivity index (χ4n) is 2.57. The minimum absolute atomic E-state index is 0.112. The third-order valence-electron chi connectivity index (χ3n) is 4.15. The van der Waals surface area contributed by atoms with Crippen molar-refractivity contribution >= 4 is 35.4 Å². The number of rotatable bonds is 7. The van der Waals surface area contributed by atoms with Gasteiger partial charge in [-0.2, -0.15) is 0 Å². The first kappa shape index (κ1) is 19.8. The van der Waals surface area contributed by atoms with Crippen LogP contribution in [0.3, 0.4) is 0 Å². The Morgan fingerprint density at radius 3 is 2.54 bits per heavy atom. The summed E-state index contributed by atoms with van der Waals surface area (Å²) in [6.45, 7) is 1.98. The largest absolute Gasteiger partial charge is 0.482 e. The zero-order chi connectivity index (χ0) is 19.9. The summed E-state index contributed by atoms with van der Waals surface area (Å²) in [4.78, 5) is 24.0. The lowest BCUT2D eigenvalue weighted by Crippen LogP contribution is -2.30. The Labute approximate surface area is 168 Å². The minimum Gasteiger partial charge on any atom is -0.482 e. The summed E-state index contributed by atoms with van der Waals surface area (Å²) >= 11 is 1.44. The average Bonchev–Trinajstić information content (AvgIpc) is 3.06. The molecule has 0 spiro atoms. The molecule has 0 radical (unpaired) electrons. The van der Waals surface area contributed by atoms with E-state index < -0.39 is 5.97 Å². The van der Waals surface area contributed by atoms with Gasteiger partial charge in [-0.15, -0.1) is 0 Å². The van der Waals surface area contributed by atoms with Crippen LogP contribution in [0.1, 0.15) is 18.1 Å². The van der Waals surface area contributed by atoms with Gasteiger partial charge in [-0.25, -0.2) is 4.79 Å². The Kier molecular flexibility index (Phi) is 6.60. The maximum Gasteiger partial charge on any atom is 0.343 e. The molecule has 0 aliphatic carbocycles.